The molecule has 0 saturated carbocycles. The summed E-state index contributed by atoms with van der Waals surface area (Å²) in [7, 11) is -1.58. The molecule has 25 heavy (non-hydrogen) atoms. The van der Waals surface area contributed by atoms with Crippen molar-refractivity contribution in [2.75, 3.05) is 5.09 Å². The molecule has 1 nitrogen and oxygen atoms in total. The van der Waals surface area contributed by atoms with Gasteiger partial charge in [0.2, 0.25) is 5.82 Å². The highest BCUT2D eigenvalue weighted by Gasteiger charge is 2.28. The SMILES string of the molecule is Fc1c(F)c(F)c(NP(c2ccccc2)c2ccccc2)c(F)c1F. The molecular weight excluding hydrogens is 356 g/mol. The van der Waals surface area contributed by atoms with Gasteiger partial charge in [0, 0.05) is 10.6 Å². The average molecular weight is 367 g/mol. The summed E-state index contributed by atoms with van der Waals surface area (Å²) in [6.45, 7) is 0. The lowest BCUT2D eigenvalue weighted by atomic mass is 10.2. The van der Waals surface area contributed by atoms with Gasteiger partial charge < -0.3 is 5.09 Å². The molecule has 3 aromatic carbocycles. The molecule has 0 aliphatic rings. The fourth-order valence-corrected chi connectivity index (χ4v) is 4.16. The van der Waals surface area contributed by atoms with Crippen LogP contribution in [0, 0.1) is 29.1 Å². The molecule has 0 spiro atoms. The van der Waals surface area contributed by atoms with Crippen molar-refractivity contribution in [1.82, 2.24) is 0 Å². The first-order chi connectivity index (χ1) is 12.0. The van der Waals surface area contributed by atoms with Gasteiger partial charge in [-0.1, -0.05) is 60.7 Å². The molecule has 0 radical (unpaired) electrons. The predicted molar refractivity (Wildman–Crippen MR) is 88.9 cm³/mol. The Bertz CT molecular complexity index is 818. The molecule has 0 aromatic heterocycles. The van der Waals surface area contributed by atoms with E-state index in [2.05, 4.69) is 5.09 Å². The van der Waals surface area contributed by atoms with E-state index < -0.39 is 42.8 Å². The molecular formula is C18H11F5NP. The topological polar surface area (TPSA) is 12.0 Å². The van der Waals surface area contributed by atoms with Crippen molar-refractivity contribution < 1.29 is 22.0 Å². The zero-order valence-corrected chi connectivity index (χ0v) is 13.5. The van der Waals surface area contributed by atoms with Gasteiger partial charge in [0.15, 0.2) is 23.3 Å². The third-order valence-corrected chi connectivity index (χ3v) is 5.54. The van der Waals surface area contributed by atoms with Crippen molar-refractivity contribution in [3.63, 3.8) is 0 Å². The Kier molecular flexibility index (Phi) is 5.00. The number of hydrogen-bond donors (Lipinski definition) is 1. The molecule has 0 heterocycles. The molecule has 0 aliphatic heterocycles. The van der Waals surface area contributed by atoms with Crippen molar-refractivity contribution in [2.45, 2.75) is 0 Å². The summed E-state index contributed by atoms with van der Waals surface area (Å²) in [5.74, 6) is -9.88. The van der Waals surface area contributed by atoms with E-state index in [0.717, 1.165) is 0 Å². The molecule has 7 heteroatoms. The highest BCUT2D eigenvalue weighted by atomic mass is 31.1. The largest absolute Gasteiger partial charge is 0.352 e. The average Bonchev–Trinajstić information content (AvgIpc) is 2.66. The van der Waals surface area contributed by atoms with E-state index in [1.807, 2.05) is 0 Å². The van der Waals surface area contributed by atoms with Gasteiger partial charge in [-0.25, -0.2) is 22.0 Å². The second-order valence-corrected chi connectivity index (χ2v) is 6.99. The van der Waals surface area contributed by atoms with Crippen LogP contribution < -0.4 is 15.7 Å². The molecule has 0 aliphatic carbocycles. The van der Waals surface area contributed by atoms with Crippen LogP contribution in [0.5, 0.6) is 0 Å². The van der Waals surface area contributed by atoms with Crippen LogP contribution in [0.3, 0.4) is 0 Å². The van der Waals surface area contributed by atoms with E-state index >= 15 is 0 Å². The third kappa shape index (κ3) is 3.35. The zero-order valence-electron chi connectivity index (χ0n) is 12.6. The van der Waals surface area contributed by atoms with Crippen LogP contribution in [0.15, 0.2) is 60.7 Å². The minimum absolute atomic E-state index is 0.674. The van der Waals surface area contributed by atoms with Crippen LogP contribution in [0.25, 0.3) is 0 Å². The van der Waals surface area contributed by atoms with Gasteiger partial charge >= 0.3 is 0 Å². The van der Waals surface area contributed by atoms with Gasteiger partial charge in [-0.3, -0.25) is 0 Å². The molecule has 0 saturated heterocycles. The quantitative estimate of drug-likeness (QED) is 0.301. The molecule has 0 amide bonds. The number of rotatable bonds is 4. The number of halogens is 5. The predicted octanol–water partition coefficient (Wildman–Crippen LogP) is 4.84. The standard InChI is InChI=1S/C18H11F5NP/c19-13-14(20)16(22)18(17(23)15(13)21)24-25(11-7-3-1-4-8-11)12-9-5-2-6-10-12/h1-10,24H. The van der Waals surface area contributed by atoms with Crippen LogP contribution in [0.2, 0.25) is 0 Å². The van der Waals surface area contributed by atoms with Gasteiger partial charge in [-0.15, -0.1) is 0 Å². The molecule has 0 fully saturated rings. The fraction of sp³-hybridized carbons (Fsp3) is 0. The lowest BCUT2D eigenvalue weighted by Crippen LogP contribution is -2.19. The summed E-state index contributed by atoms with van der Waals surface area (Å²) in [4.78, 5) is 0. The summed E-state index contributed by atoms with van der Waals surface area (Å²) in [6, 6.07) is 17.3. The van der Waals surface area contributed by atoms with E-state index in [1.54, 1.807) is 60.7 Å². The highest BCUT2D eigenvalue weighted by Crippen LogP contribution is 2.38. The zero-order chi connectivity index (χ0) is 18.0. The Balaban J connectivity index is 2.12. The second-order valence-electron chi connectivity index (χ2n) is 5.06. The molecule has 0 atom stereocenters. The third-order valence-electron chi connectivity index (χ3n) is 3.46. The number of nitrogens with one attached hydrogen (secondary N) is 1. The minimum Gasteiger partial charge on any atom is -0.352 e. The normalized spacial score (nSPS) is 11.0. The molecule has 128 valence electrons. The maximum Gasteiger partial charge on any atom is 0.200 e. The lowest BCUT2D eigenvalue weighted by molar-refractivity contribution is 0.382. The smallest absolute Gasteiger partial charge is 0.200 e. The van der Waals surface area contributed by atoms with Crippen LogP contribution in [0.4, 0.5) is 27.6 Å². The summed E-state index contributed by atoms with van der Waals surface area (Å²) in [5.41, 5.74) is -1.03. The minimum atomic E-state index is -2.18. The molecule has 3 rings (SSSR count). The maximum absolute atomic E-state index is 14.0. The number of anilines is 1. The summed E-state index contributed by atoms with van der Waals surface area (Å²) >= 11 is 0. The Morgan fingerprint density at radius 3 is 1.28 bits per heavy atom. The first kappa shape index (κ1) is 17.4. The summed E-state index contributed by atoms with van der Waals surface area (Å²) in [5, 5.41) is 3.87. The Labute approximate surface area is 141 Å². The van der Waals surface area contributed by atoms with Crippen molar-refractivity contribution in [2.24, 2.45) is 0 Å². The monoisotopic (exact) mass is 367 g/mol. The van der Waals surface area contributed by atoms with Crippen LogP contribution >= 0.6 is 8.07 Å². The van der Waals surface area contributed by atoms with Crippen molar-refractivity contribution in [1.29, 1.82) is 0 Å². The van der Waals surface area contributed by atoms with E-state index in [0.29, 0.717) is 10.6 Å². The van der Waals surface area contributed by atoms with Crippen molar-refractivity contribution in [3.05, 3.63) is 89.7 Å². The van der Waals surface area contributed by atoms with Crippen LogP contribution in [0.1, 0.15) is 0 Å². The Morgan fingerprint density at radius 1 is 0.520 bits per heavy atom. The van der Waals surface area contributed by atoms with Gasteiger partial charge in [0.1, 0.15) is 5.69 Å². The van der Waals surface area contributed by atoms with Gasteiger partial charge in [-0.2, -0.15) is 0 Å². The summed E-state index contributed by atoms with van der Waals surface area (Å²) < 4.78 is 68.2. The number of hydrogen-bond acceptors (Lipinski definition) is 1. The van der Waals surface area contributed by atoms with Gasteiger partial charge in [0.25, 0.3) is 0 Å². The molecule has 0 bridgehead atoms. The Morgan fingerprint density at radius 2 is 0.880 bits per heavy atom. The van der Waals surface area contributed by atoms with E-state index in [9.17, 15) is 22.0 Å². The first-order valence-corrected chi connectivity index (χ1v) is 8.53. The highest BCUT2D eigenvalue weighted by molar-refractivity contribution is 7.74. The number of benzene rings is 3. The van der Waals surface area contributed by atoms with Gasteiger partial charge in [0.05, 0.1) is 8.07 Å². The first-order valence-electron chi connectivity index (χ1n) is 7.19. The molecule has 0 unspecified atom stereocenters. The summed E-state index contributed by atoms with van der Waals surface area (Å²) in [6.07, 6.45) is 0. The lowest BCUT2D eigenvalue weighted by Gasteiger charge is -2.22. The van der Waals surface area contributed by atoms with E-state index in [4.69, 9.17) is 0 Å². The van der Waals surface area contributed by atoms with Crippen LogP contribution in [-0.4, -0.2) is 0 Å². The fourth-order valence-electron chi connectivity index (χ4n) is 2.25. The second kappa shape index (κ2) is 7.19. The van der Waals surface area contributed by atoms with Gasteiger partial charge in [-0.05, 0) is 0 Å². The van der Waals surface area contributed by atoms with E-state index in [1.165, 1.54) is 0 Å². The van der Waals surface area contributed by atoms with Crippen molar-refractivity contribution >= 4 is 24.4 Å². The molecule has 3 aromatic rings. The maximum atomic E-state index is 14.0. The van der Waals surface area contributed by atoms with Crippen LogP contribution in [-0.2, 0) is 0 Å². The van der Waals surface area contributed by atoms with E-state index in [-0.39, 0.29) is 0 Å². The Hall–Kier alpha value is -2.46. The molecule has 1 N–H and O–H groups in total. The van der Waals surface area contributed by atoms with Crippen molar-refractivity contribution in [3.8, 4) is 0 Å².